The third kappa shape index (κ3) is 3.63. The minimum absolute atomic E-state index is 0. The molecule has 1 aromatic heterocycles. The van der Waals surface area contributed by atoms with E-state index in [2.05, 4.69) is 0 Å². The van der Waals surface area contributed by atoms with Crippen molar-refractivity contribution in [2.24, 2.45) is 0 Å². The number of likely N-dealkylation sites (N-methyl/N-ethyl adjacent to an activating group) is 1. The van der Waals surface area contributed by atoms with Crippen molar-refractivity contribution in [2.75, 3.05) is 20.2 Å². The molecule has 3 aromatic rings. The third-order valence-corrected chi connectivity index (χ3v) is 6.39. The van der Waals surface area contributed by atoms with Crippen LogP contribution in [0.25, 0.3) is 22.3 Å². The lowest BCUT2D eigenvalue weighted by atomic mass is 9.88. The molecule has 1 aliphatic rings. The molecule has 0 saturated carbocycles. The summed E-state index contributed by atoms with van der Waals surface area (Å²) < 4.78 is 6.03. The van der Waals surface area contributed by atoms with E-state index in [1.165, 1.54) is 6.07 Å². The Labute approximate surface area is 188 Å². The summed E-state index contributed by atoms with van der Waals surface area (Å²) in [6.07, 6.45) is 0.627. The number of nitrogens with zero attached hydrogens (tertiary/aromatic N) is 1. The van der Waals surface area contributed by atoms with Crippen LogP contribution in [0.2, 0.25) is 10.0 Å². The van der Waals surface area contributed by atoms with Crippen LogP contribution in [0, 0.1) is 0 Å². The maximum Gasteiger partial charge on any atom is 0.200 e. The van der Waals surface area contributed by atoms with E-state index in [0.29, 0.717) is 29.1 Å². The van der Waals surface area contributed by atoms with Gasteiger partial charge in [0.05, 0.1) is 16.7 Å². The molecule has 0 bridgehead atoms. The van der Waals surface area contributed by atoms with Gasteiger partial charge < -0.3 is 24.6 Å². The Hall–Kier alpha value is -1.96. The lowest BCUT2D eigenvalue weighted by Crippen LogP contribution is -2.33. The minimum Gasteiger partial charge on any atom is -0.508 e. The van der Waals surface area contributed by atoms with Crippen LogP contribution in [0.5, 0.6) is 11.5 Å². The fourth-order valence-electron chi connectivity index (χ4n) is 4.13. The molecule has 3 N–H and O–H groups in total. The Morgan fingerprint density at radius 1 is 1.23 bits per heavy atom. The molecule has 30 heavy (non-hydrogen) atoms. The Morgan fingerprint density at radius 3 is 2.67 bits per heavy atom. The van der Waals surface area contributed by atoms with Crippen LogP contribution < -0.4 is 5.43 Å². The zero-order valence-electron chi connectivity index (χ0n) is 15.9. The van der Waals surface area contributed by atoms with Gasteiger partial charge in [-0.25, -0.2) is 0 Å². The summed E-state index contributed by atoms with van der Waals surface area (Å²) in [7, 11) is 1.88. The Balaban J connectivity index is 0.00000256. The Bertz CT molecular complexity index is 1160. The van der Waals surface area contributed by atoms with Crippen LogP contribution in [-0.4, -0.2) is 46.5 Å². The van der Waals surface area contributed by atoms with Crippen molar-refractivity contribution in [3.8, 4) is 22.8 Å². The van der Waals surface area contributed by atoms with Gasteiger partial charge in [-0.3, -0.25) is 4.79 Å². The number of aliphatic hydroxyl groups is 1. The lowest BCUT2D eigenvalue weighted by molar-refractivity contribution is 0.172. The van der Waals surface area contributed by atoms with E-state index in [4.69, 9.17) is 27.6 Å². The van der Waals surface area contributed by atoms with Crippen LogP contribution in [0.1, 0.15) is 17.9 Å². The summed E-state index contributed by atoms with van der Waals surface area (Å²) in [6, 6.07) is 7.10. The molecule has 1 saturated heterocycles. The minimum atomic E-state index is -0.423. The topological polar surface area (TPSA) is 94.1 Å². The molecule has 0 unspecified atom stereocenters. The van der Waals surface area contributed by atoms with E-state index < -0.39 is 5.43 Å². The first-order chi connectivity index (χ1) is 13.8. The van der Waals surface area contributed by atoms with Gasteiger partial charge in [-0.1, -0.05) is 29.3 Å². The Morgan fingerprint density at radius 2 is 1.97 bits per heavy atom. The normalized spacial score (nSPS) is 19.2. The number of aliphatic hydroxyl groups excluding tert-OH is 1. The number of halogens is 3. The second-order valence-corrected chi connectivity index (χ2v) is 8.02. The number of benzene rings is 2. The average Bonchev–Trinajstić information content (AvgIpc) is 3.03. The van der Waals surface area contributed by atoms with Gasteiger partial charge in [0.15, 0.2) is 0 Å². The summed E-state index contributed by atoms with van der Waals surface area (Å²) in [4.78, 5) is 15.5. The summed E-state index contributed by atoms with van der Waals surface area (Å²) in [5.74, 6) is -0.712. The number of fused-ring (bicyclic) bond motifs is 1. The molecule has 0 radical (unpaired) electrons. The summed E-state index contributed by atoms with van der Waals surface area (Å²) in [6.45, 7) is 0.556. The highest BCUT2D eigenvalue weighted by Crippen LogP contribution is 2.42. The monoisotopic (exact) mass is 471 g/mol. The summed E-state index contributed by atoms with van der Waals surface area (Å²) in [5, 5.41) is 30.6. The Kier molecular flexibility index (Phi) is 6.55. The van der Waals surface area contributed by atoms with Gasteiger partial charge in [0.25, 0.3) is 0 Å². The van der Waals surface area contributed by atoms with Gasteiger partial charge in [0.1, 0.15) is 28.2 Å². The summed E-state index contributed by atoms with van der Waals surface area (Å²) >= 11 is 12.6. The molecule has 2 atom stereocenters. The molecule has 0 aliphatic carbocycles. The smallest absolute Gasteiger partial charge is 0.200 e. The molecule has 2 aromatic carbocycles. The molecule has 1 aliphatic heterocycles. The SMILES string of the molecule is CN1CC[C@H](c2c(-c3cccc(Cl)c3Cl)oc3cc(O)cc(O)c3c2=O)[C@H]1CO.Cl. The predicted octanol–water partition coefficient (Wildman–Crippen LogP) is 4.38. The zero-order valence-corrected chi connectivity index (χ0v) is 18.3. The fourth-order valence-corrected chi connectivity index (χ4v) is 4.51. The molecular formula is C21H20Cl3NO5. The number of hydrogen-bond donors (Lipinski definition) is 3. The first kappa shape index (κ1) is 22.7. The van der Waals surface area contributed by atoms with Crippen LogP contribution in [0.3, 0.4) is 0 Å². The van der Waals surface area contributed by atoms with E-state index in [1.807, 2.05) is 11.9 Å². The average molecular weight is 473 g/mol. The van der Waals surface area contributed by atoms with Crippen molar-refractivity contribution in [3.05, 3.63) is 56.2 Å². The molecule has 9 heteroatoms. The van der Waals surface area contributed by atoms with E-state index >= 15 is 0 Å². The largest absolute Gasteiger partial charge is 0.508 e. The number of phenolic OH excluding ortho intramolecular Hbond substituents is 2. The van der Waals surface area contributed by atoms with Crippen molar-refractivity contribution in [2.45, 2.75) is 18.4 Å². The van der Waals surface area contributed by atoms with Gasteiger partial charge >= 0.3 is 0 Å². The molecule has 4 rings (SSSR count). The standard InChI is InChI=1S/C21H19Cl2NO5.ClH/c1-24-6-5-11(14(24)9-25)17-20(28)18-15(27)7-10(26)8-16(18)29-21(17)12-3-2-4-13(22)19(12)23;/h2-4,7-8,11,14,25-27H,5-6,9H2,1H3;1H/t11-,14+;/m0./s1. The fraction of sp³-hybridized carbons (Fsp3) is 0.286. The highest BCUT2D eigenvalue weighted by atomic mass is 35.5. The number of likely N-dealkylation sites (tertiary alicyclic amines) is 1. The first-order valence-corrected chi connectivity index (χ1v) is 9.87. The van der Waals surface area contributed by atoms with E-state index in [-0.39, 0.29) is 64.2 Å². The van der Waals surface area contributed by atoms with Crippen molar-refractivity contribution in [1.29, 1.82) is 0 Å². The summed E-state index contributed by atoms with van der Waals surface area (Å²) in [5.41, 5.74) is 0.371. The lowest BCUT2D eigenvalue weighted by Gasteiger charge is -2.24. The van der Waals surface area contributed by atoms with Gasteiger partial charge in [-0.05, 0) is 32.1 Å². The van der Waals surface area contributed by atoms with Gasteiger partial charge in [0.2, 0.25) is 5.43 Å². The predicted molar refractivity (Wildman–Crippen MR) is 119 cm³/mol. The van der Waals surface area contributed by atoms with E-state index in [0.717, 1.165) is 6.07 Å². The molecular weight excluding hydrogens is 453 g/mol. The van der Waals surface area contributed by atoms with Crippen LogP contribution >= 0.6 is 35.6 Å². The zero-order chi connectivity index (χ0) is 20.9. The second kappa shape index (κ2) is 8.65. The van der Waals surface area contributed by atoms with Crippen molar-refractivity contribution < 1.29 is 19.7 Å². The van der Waals surface area contributed by atoms with Crippen molar-refractivity contribution in [3.63, 3.8) is 0 Å². The second-order valence-electron chi connectivity index (χ2n) is 7.24. The van der Waals surface area contributed by atoms with Crippen LogP contribution in [0.15, 0.2) is 39.5 Å². The molecule has 0 spiro atoms. The number of hydrogen-bond acceptors (Lipinski definition) is 6. The van der Waals surface area contributed by atoms with Crippen molar-refractivity contribution in [1.82, 2.24) is 4.90 Å². The first-order valence-electron chi connectivity index (χ1n) is 9.11. The molecule has 1 fully saturated rings. The van der Waals surface area contributed by atoms with Crippen molar-refractivity contribution >= 4 is 46.6 Å². The highest BCUT2D eigenvalue weighted by Gasteiger charge is 2.37. The van der Waals surface area contributed by atoms with E-state index in [9.17, 15) is 20.1 Å². The quantitative estimate of drug-likeness (QED) is 0.524. The van der Waals surface area contributed by atoms with E-state index in [1.54, 1.807) is 18.2 Å². The number of phenols is 2. The molecule has 6 nitrogen and oxygen atoms in total. The highest BCUT2D eigenvalue weighted by molar-refractivity contribution is 6.43. The molecule has 2 heterocycles. The van der Waals surface area contributed by atoms with Gasteiger partial charge in [-0.2, -0.15) is 0 Å². The maximum absolute atomic E-state index is 13.5. The third-order valence-electron chi connectivity index (χ3n) is 5.57. The van der Waals surface area contributed by atoms with Crippen LogP contribution in [-0.2, 0) is 0 Å². The van der Waals surface area contributed by atoms with Gasteiger partial charge in [-0.15, -0.1) is 12.4 Å². The van der Waals surface area contributed by atoms with Crippen LogP contribution in [0.4, 0.5) is 0 Å². The molecule has 160 valence electrons. The molecule has 0 amide bonds. The number of rotatable bonds is 3. The van der Waals surface area contributed by atoms with Gasteiger partial charge in [0, 0.05) is 35.2 Å². The number of aromatic hydroxyl groups is 2. The maximum atomic E-state index is 13.5.